The molecule has 0 saturated carbocycles. The Morgan fingerprint density at radius 3 is 2.68 bits per heavy atom. The van der Waals surface area contributed by atoms with E-state index in [1.54, 1.807) is 0 Å². The standard InChI is InChI=1S/C14H14N2O3/c17-9-11-3-1-2-10(6-11)7-16-14(19)12-4-5-13(18)15-8-12/h1-6,8,17H,7,9H2,(H,15,18)(H,16,19). The lowest BCUT2D eigenvalue weighted by Crippen LogP contribution is -2.23. The molecule has 0 atom stereocenters. The molecule has 0 radical (unpaired) electrons. The van der Waals surface area contributed by atoms with Crippen LogP contribution in [0.1, 0.15) is 21.5 Å². The van der Waals surface area contributed by atoms with Crippen molar-refractivity contribution < 1.29 is 9.90 Å². The summed E-state index contributed by atoms with van der Waals surface area (Å²) in [7, 11) is 0. The molecule has 98 valence electrons. The molecule has 5 heteroatoms. The van der Waals surface area contributed by atoms with Crippen LogP contribution in [0.15, 0.2) is 47.4 Å². The van der Waals surface area contributed by atoms with E-state index >= 15 is 0 Å². The third kappa shape index (κ3) is 3.53. The molecule has 2 aromatic rings. The number of H-pyrrole nitrogens is 1. The molecule has 3 N–H and O–H groups in total. The first-order valence-electron chi connectivity index (χ1n) is 5.84. The van der Waals surface area contributed by atoms with Crippen LogP contribution in [0.25, 0.3) is 0 Å². The van der Waals surface area contributed by atoms with Gasteiger partial charge >= 0.3 is 0 Å². The van der Waals surface area contributed by atoms with Crippen LogP contribution in [0.4, 0.5) is 0 Å². The molecule has 1 amide bonds. The average molecular weight is 258 g/mol. The number of aliphatic hydroxyl groups excluding tert-OH is 1. The van der Waals surface area contributed by atoms with Gasteiger partial charge < -0.3 is 15.4 Å². The Hall–Kier alpha value is -2.40. The van der Waals surface area contributed by atoms with Crippen LogP contribution in [0.5, 0.6) is 0 Å². The summed E-state index contributed by atoms with van der Waals surface area (Å²) in [5.74, 6) is -0.259. The van der Waals surface area contributed by atoms with Gasteiger partial charge in [0.1, 0.15) is 0 Å². The number of aliphatic hydroxyl groups is 1. The summed E-state index contributed by atoms with van der Waals surface area (Å²) in [5, 5.41) is 11.8. The van der Waals surface area contributed by atoms with Gasteiger partial charge in [0, 0.05) is 18.8 Å². The quantitative estimate of drug-likeness (QED) is 0.758. The lowest BCUT2D eigenvalue weighted by atomic mass is 10.1. The van der Waals surface area contributed by atoms with Gasteiger partial charge in [0.05, 0.1) is 12.2 Å². The maximum Gasteiger partial charge on any atom is 0.253 e. The predicted molar refractivity (Wildman–Crippen MR) is 70.6 cm³/mol. The van der Waals surface area contributed by atoms with E-state index < -0.39 is 0 Å². The maximum absolute atomic E-state index is 11.8. The molecule has 0 aliphatic carbocycles. The average Bonchev–Trinajstić information content (AvgIpc) is 2.46. The van der Waals surface area contributed by atoms with Crippen molar-refractivity contribution in [3.05, 3.63) is 69.6 Å². The fourth-order valence-electron chi connectivity index (χ4n) is 1.67. The monoisotopic (exact) mass is 258 g/mol. The normalized spacial score (nSPS) is 10.2. The number of hydrogen-bond donors (Lipinski definition) is 3. The fourth-order valence-corrected chi connectivity index (χ4v) is 1.67. The molecule has 0 saturated heterocycles. The molecule has 1 heterocycles. The summed E-state index contributed by atoms with van der Waals surface area (Å²) in [5.41, 5.74) is 1.87. The Morgan fingerprint density at radius 2 is 2.00 bits per heavy atom. The Kier molecular flexibility index (Phi) is 4.10. The summed E-state index contributed by atoms with van der Waals surface area (Å²) in [6, 6.07) is 10.1. The third-order valence-electron chi connectivity index (χ3n) is 2.67. The number of amides is 1. The molecule has 5 nitrogen and oxygen atoms in total. The number of rotatable bonds is 4. The minimum Gasteiger partial charge on any atom is -0.392 e. The summed E-state index contributed by atoms with van der Waals surface area (Å²) in [6.07, 6.45) is 1.38. The highest BCUT2D eigenvalue weighted by atomic mass is 16.3. The first-order valence-corrected chi connectivity index (χ1v) is 5.84. The van der Waals surface area contributed by atoms with Crippen molar-refractivity contribution >= 4 is 5.91 Å². The van der Waals surface area contributed by atoms with Gasteiger partial charge in [-0.15, -0.1) is 0 Å². The van der Waals surface area contributed by atoms with Crippen molar-refractivity contribution in [1.82, 2.24) is 10.3 Å². The Morgan fingerprint density at radius 1 is 1.21 bits per heavy atom. The van der Waals surface area contributed by atoms with E-state index in [1.165, 1.54) is 18.3 Å². The van der Waals surface area contributed by atoms with E-state index in [0.29, 0.717) is 12.1 Å². The number of hydrogen-bond acceptors (Lipinski definition) is 3. The van der Waals surface area contributed by atoms with Crippen LogP contribution in [-0.4, -0.2) is 16.0 Å². The molecule has 19 heavy (non-hydrogen) atoms. The largest absolute Gasteiger partial charge is 0.392 e. The molecule has 0 aliphatic heterocycles. The van der Waals surface area contributed by atoms with E-state index in [1.807, 2.05) is 24.3 Å². The van der Waals surface area contributed by atoms with Gasteiger partial charge in [0.25, 0.3) is 5.91 Å². The van der Waals surface area contributed by atoms with Crippen molar-refractivity contribution in [2.24, 2.45) is 0 Å². The molecular weight excluding hydrogens is 244 g/mol. The molecule has 1 aromatic carbocycles. The number of aromatic nitrogens is 1. The zero-order valence-corrected chi connectivity index (χ0v) is 10.2. The molecule has 0 spiro atoms. The molecule has 0 fully saturated rings. The minimum atomic E-state index is -0.259. The number of pyridine rings is 1. The number of nitrogens with one attached hydrogen (secondary N) is 2. The summed E-state index contributed by atoms with van der Waals surface area (Å²) < 4.78 is 0. The van der Waals surface area contributed by atoms with Gasteiger partial charge in [-0.2, -0.15) is 0 Å². The van der Waals surface area contributed by atoms with Crippen LogP contribution in [-0.2, 0) is 13.2 Å². The van der Waals surface area contributed by atoms with Crippen molar-refractivity contribution in [3.8, 4) is 0 Å². The zero-order chi connectivity index (χ0) is 13.7. The summed E-state index contributed by atoms with van der Waals surface area (Å²) >= 11 is 0. The van der Waals surface area contributed by atoms with Crippen LogP contribution >= 0.6 is 0 Å². The van der Waals surface area contributed by atoms with E-state index in [-0.39, 0.29) is 18.1 Å². The smallest absolute Gasteiger partial charge is 0.253 e. The Labute approximate surface area is 109 Å². The second-order valence-corrected chi connectivity index (χ2v) is 4.10. The number of carbonyl (C=O) groups is 1. The SMILES string of the molecule is O=C(NCc1cccc(CO)c1)c1ccc(=O)[nH]c1. The molecule has 0 aliphatic rings. The van der Waals surface area contributed by atoms with Gasteiger partial charge in [-0.05, 0) is 17.2 Å². The molecule has 2 rings (SSSR count). The van der Waals surface area contributed by atoms with E-state index in [4.69, 9.17) is 5.11 Å². The van der Waals surface area contributed by atoms with Gasteiger partial charge in [0.2, 0.25) is 5.56 Å². The Bertz CT molecular complexity index is 614. The van der Waals surface area contributed by atoms with E-state index in [0.717, 1.165) is 11.1 Å². The topological polar surface area (TPSA) is 82.2 Å². The second kappa shape index (κ2) is 5.97. The van der Waals surface area contributed by atoms with Crippen LogP contribution in [0, 0.1) is 0 Å². The van der Waals surface area contributed by atoms with E-state index in [9.17, 15) is 9.59 Å². The first kappa shape index (κ1) is 13.0. The number of benzene rings is 1. The predicted octanol–water partition coefficient (Wildman–Crippen LogP) is 0.797. The van der Waals surface area contributed by atoms with Crippen molar-refractivity contribution in [1.29, 1.82) is 0 Å². The van der Waals surface area contributed by atoms with Crippen LogP contribution in [0.2, 0.25) is 0 Å². The fraction of sp³-hybridized carbons (Fsp3) is 0.143. The number of aromatic amines is 1. The van der Waals surface area contributed by atoms with Crippen molar-refractivity contribution in [2.75, 3.05) is 0 Å². The van der Waals surface area contributed by atoms with Crippen molar-refractivity contribution in [3.63, 3.8) is 0 Å². The maximum atomic E-state index is 11.8. The first-order chi connectivity index (χ1) is 9.19. The number of carbonyl (C=O) groups excluding carboxylic acids is 1. The summed E-state index contributed by atoms with van der Waals surface area (Å²) in [4.78, 5) is 25.1. The third-order valence-corrected chi connectivity index (χ3v) is 2.67. The van der Waals surface area contributed by atoms with Crippen LogP contribution < -0.4 is 10.9 Å². The molecule has 0 bridgehead atoms. The second-order valence-electron chi connectivity index (χ2n) is 4.10. The lowest BCUT2D eigenvalue weighted by Gasteiger charge is -2.06. The highest BCUT2D eigenvalue weighted by molar-refractivity contribution is 5.93. The highest BCUT2D eigenvalue weighted by Crippen LogP contribution is 2.05. The Balaban J connectivity index is 2.00. The van der Waals surface area contributed by atoms with Gasteiger partial charge in [-0.3, -0.25) is 9.59 Å². The van der Waals surface area contributed by atoms with Gasteiger partial charge in [-0.25, -0.2) is 0 Å². The minimum absolute atomic E-state index is 0.0261. The summed E-state index contributed by atoms with van der Waals surface area (Å²) in [6.45, 7) is 0.341. The zero-order valence-electron chi connectivity index (χ0n) is 10.2. The molecular formula is C14H14N2O3. The van der Waals surface area contributed by atoms with Gasteiger partial charge in [0.15, 0.2) is 0 Å². The lowest BCUT2D eigenvalue weighted by molar-refractivity contribution is 0.0950. The highest BCUT2D eigenvalue weighted by Gasteiger charge is 2.05. The van der Waals surface area contributed by atoms with Gasteiger partial charge in [-0.1, -0.05) is 24.3 Å². The van der Waals surface area contributed by atoms with Crippen LogP contribution in [0.3, 0.4) is 0 Å². The van der Waals surface area contributed by atoms with E-state index in [2.05, 4.69) is 10.3 Å². The molecule has 1 aromatic heterocycles. The molecule has 0 unspecified atom stereocenters. The van der Waals surface area contributed by atoms with Crippen molar-refractivity contribution in [2.45, 2.75) is 13.2 Å².